The number of benzene rings is 2. The first-order valence-electron chi connectivity index (χ1n) is 8.29. The number of phenols is 2. The molecule has 1 saturated heterocycles. The van der Waals surface area contributed by atoms with Crippen molar-refractivity contribution < 1.29 is 37.8 Å². The van der Waals surface area contributed by atoms with Crippen molar-refractivity contribution in [1.82, 2.24) is 4.90 Å². The van der Waals surface area contributed by atoms with Crippen molar-refractivity contribution in [2.75, 3.05) is 11.9 Å². The Kier molecular flexibility index (Phi) is 5.74. The molecule has 2 aromatic rings. The first kappa shape index (κ1) is 21.2. The predicted molar refractivity (Wildman–Crippen MR) is 103 cm³/mol. The monoisotopic (exact) mass is 438 g/mol. The summed E-state index contributed by atoms with van der Waals surface area (Å²) in [5.74, 6) is -2.16. The van der Waals surface area contributed by atoms with Crippen LogP contribution in [0.15, 0.2) is 47.4 Å². The molecule has 3 amide bonds. The van der Waals surface area contributed by atoms with E-state index in [1.54, 1.807) is 0 Å². The van der Waals surface area contributed by atoms with Crippen LogP contribution in [-0.4, -0.2) is 38.7 Å². The molecule has 0 radical (unpaired) electrons. The molecule has 3 N–H and O–H groups in total. The van der Waals surface area contributed by atoms with Crippen molar-refractivity contribution in [1.29, 1.82) is 0 Å². The quantitative estimate of drug-likeness (QED) is 0.627. The maximum absolute atomic E-state index is 12.8. The van der Waals surface area contributed by atoms with E-state index in [0.717, 1.165) is 24.3 Å². The number of aromatic hydroxyl groups is 2. The van der Waals surface area contributed by atoms with Gasteiger partial charge in [0.15, 0.2) is 0 Å². The van der Waals surface area contributed by atoms with E-state index in [1.807, 2.05) is 0 Å². The Morgan fingerprint density at radius 1 is 1.13 bits per heavy atom. The lowest BCUT2D eigenvalue weighted by Crippen LogP contribution is -2.36. The molecular weight excluding hydrogens is 425 g/mol. The molecule has 1 aliphatic rings. The molecule has 0 aromatic heterocycles. The summed E-state index contributed by atoms with van der Waals surface area (Å²) in [5.41, 5.74) is -0.916. The second kappa shape index (κ2) is 8.11. The smallest absolute Gasteiger partial charge is 0.416 e. The third kappa shape index (κ3) is 4.74. The Morgan fingerprint density at radius 2 is 1.87 bits per heavy atom. The molecule has 30 heavy (non-hydrogen) atoms. The standard InChI is InChI=1S/C19H13F3N2O5S/c20-19(21,22)11-2-1-3-12(7-11)23-16(27)9-24-17(28)15(30-18(24)29)6-10-4-5-13(25)8-14(10)26/h1-8,25-26H,9H2,(H,23,27)/b15-6-. The summed E-state index contributed by atoms with van der Waals surface area (Å²) in [4.78, 5) is 37.2. The molecule has 0 atom stereocenters. The lowest BCUT2D eigenvalue weighted by molar-refractivity contribution is -0.137. The van der Waals surface area contributed by atoms with Gasteiger partial charge >= 0.3 is 6.18 Å². The number of anilines is 1. The zero-order valence-corrected chi connectivity index (χ0v) is 15.8. The average molecular weight is 438 g/mol. The molecule has 0 aliphatic carbocycles. The number of imide groups is 1. The van der Waals surface area contributed by atoms with E-state index >= 15 is 0 Å². The summed E-state index contributed by atoms with van der Waals surface area (Å²) in [7, 11) is 0. The topological polar surface area (TPSA) is 107 Å². The molecule has 7 nitrogen and oxygen atoms in total. The Bertz CT molecular complexity index is 1070. The summed E-state index contributed by atoms with van der Waals surface area (Å²) in [5, 5.41) is 20.6. The number of rotatable bonds is 4. The van der Waals surface area contributed by atoms with Gasteiger partial charge in [-0.1, -0.05) is 6.07 Å². The number of carbonyl (C=O) groups is 3. The van der Waals surface area contributed by atoms with Crippen LogP contribution < -0.4 is 5.32 Å². The van der Waals surface area contributed by atoms with Crippen LogP contribution in [0.2, 0.25) is 0 Å². The highest BCUT2D eigenvalue weighted by molar-refractivity contribution is 8.18. The van der Waals surface area contributed by atoms with Gasteiger partial charge in [0.1, 0.15) is 18.0 Å². The van der Waals surface area contributed by atoms with Crippen LogP contribution in [0.25, 0.3) is 6.08 Å². The van der Waals surface area contributed by atoms with Crippen LogP contribution in [0.5, 0.6) is 11.5 Å². The van der Waals surface area contributed by atoms with Crippen LogP contribution in [0.4, 0.5) is 23.7 Å². The van der Waals surface area contributed by atoms with Crippen molar-refractivity contribution in [2.45, 2.75) is 6.18 Å². The van der Waals surface area contributed by atoms with Gasteiger partial charge in [-0.25, -0.2) is 0 Å². The SMILES string of the molecule is O=C(CN1C(=O)S/C(=C\c2ccc(O)cc2O)C1=O)Nc1cccc(C(F)(F)F)c1. The number of thioether (sulfide) groups is 1. The first-order valence-corrected chi connectivity index (χ1v) is 9.11. The Labute approximate surface area is 171 Å². The second-order valence-corrected chi connectivity index (χ2v) is 7.13. The van der Waals surface area contributed by atoms with Gasteiger partial charge in [-0.3, -0.25) is 19.3 Å². The van der Waals surface area contributed by atoms with Crippen molar-refractivity contribution in [3.05, 3.63) is 58.5 Å². The summed E-state index contributed by atoms with van der Waals surface area (Å²) in [6.07, 6.45) is -3.36. The highest BCUT2D eigenvalue weighted by Gasteiger charge is 2.36. The minimum Gasteiger partial charge on any atom is -0.508 e. The Balaban J connectivity index is 1.71. The molecule has 1 aliphatic heterocycles. The van der Waals surface area contributed by atoms with E-state index in [4.69, 9.17) is 0 Å². The summed E-state index contributed by atoms with van der Waals surface area (Å²) in [6.45, 7) is -0.695. The maximum Gasteiger partial charge on any atom is 0.416 e. The van der Waals surface area contributed by atoms with Crippen molar-refractivity contribution in [3.8, 4) is 11.5 Å². The van der Waals surface area contributed by atoms with Gasteiger partial charge in [-0.15, -0.1) is 0 Å². The largest absolute Gasteiger partial charge is 0.508 e. The number of phenolic OH excluding ortho intramolecular Hbond substituents is 2. The van der Waals surface area contributed by atoms with Crippen LogP contribution in [0.1, 0.15) is 11.1 Å². The highest BCUT2D eigenvalue weighted by atomic mass is 32.2. The first-order chi connectivity index (χ1) is 14.0. The van der Waals surface area contributed by atoms with Crippen molar-refractivity contribution in [3.63, 3.8) is 0 Å². The molecule has 1 fully saturated rings. The number of nitrogens with zero attached hydrogens (tertiary/aromatic N) is 1. The molecule has 0 spiro atoms. The number of carbonyl (C=O) groups excluding carboxylic acids is 3. The molecule has 2 aromatic carbocycles. The fraction of sp³-hybridized carbons (Fsp3) is 0.105. The summed E-state index contributed by atoms with van der Waals surface area (Å²) in [6, 6.07) is 7.60. The zero-order valence-electron chi connectivity index (χ0n) is 14.9. The minimum absolute atomic E-state index is 0.0622. The fourth-order valence-electron chi connectivity index (χ4n) is 2.55. The van der Waals surface area contributed by atoms with E-state index in [1.165, 1.54) is 24.3 Å². The lowest BCUT2D eigenvalue weighted by atomic mass is 10.1. The fourth-order valence-corrected chi connectivity index (χ4v) is 3.38. The summed E-state index contributed by atoms with van der Waals surface area (Å²) >= 11 is 0.540. The van der Waals surface area contributed by atoms with Crippen molar-refractivity contribution >= 4 is 40.6 Å². The second-order valence-electron chi connectivity index (χ2n) is 6.14. The van der Waals surface area contributed by atoms with E-state index < -0.39 is 35.3 Å². The van der Waals surface area contributed by atoms with Crippen LogP contribution in [0.3, 0.4) is 0 Å². The third-order valence-corrected chi connectivity index (χ3v) is 4.86. The van der Waals surface area contributed by atoms with Gasteiger partial charge in [0.2, 0.25) is 5.91 Å². The van der Waals surface area contributed by atoms with Gasteiger partial charge in [0.25, 0.3) is 11.1 Å². The van der Waals surface area contributed by atoms with E-state index in [2.05, 4.69) is 5.32 Å². The van der Waals surface area contributed by atoms with Crippen LogP contribution >= 0.6 is 11.8 Å². The number of halogens is 3. The molecule has 0 saturated carbocycles. The van der Waals surface area contributed by atoms with E-state index in [0.29, 0.717) is 16.7 Å². The van der Waals surface area contributed by atoms with E-state index in [9.17, 15) is 37.8 Å². The van der Waals surface area contributed by atoms with Crippen LogP contribution in [0, 0.1) is 0 Å². The predicted octanol–water partition coefficient (Wildman–Crippen LogP) is 3.79. The number of alkyl halides is 3. The number of amides is 3. The van der Waals surface area contributed by atoms with Gasteiger partial charge in [-0.2, -0.15) is 13.2 Å². The molecule has 156 valence electrons. The molecule has 0 unspecified atom stereocenters. The normalized spacial score (nSPS) is 15.7. The average Bonchev–Trinajstić information content (AvgIpc) is 2.91. The van der Waals surface area contributed by atoms with Crippen molar-refractivity contribution in [2.24, 2.45) is 0 Å². The number of hydrogen-bond donors (Lipinski definition) is 3. The van der Waals surface area contributed by atoms with E-state index in [-0.39, 0.29) is 27.7 Å². The maximum atomic E-state index is 12.8. The lowest BCUT2D eigenvalue weighted by Gasteiger charge is -2.13. The van der Waals surface area contributed by atoms with Crippen LogP contribution in [-0.2, 0) is 15.8 Å². The van der Waals surface area contributed by atoms with Gasteiger partial charge in [0.05, 0.1) is 10.5 Å². The zero-order chi connectivity index (χ0) is 22.1. The molecule has 11 heteroatoms. The third-order valence-electron chi connectivity index (χ3n) is 3.95. The summed E-state index contributed by atoms with van der Waals surface area (Å²) < 4.78 is 38.3. The molecular formula is C19H13F3N2O5S. The highest BCUT2D eigenvalue weighted by Crippen LogP contribution is 2.35. The number of hydrogen-bond acceptors (Lipinski definition) is 6. The minimum atomic E-state index is -4.59. The van der Waals surface area contributed by atoms with Gasteiger partial charge < -0.3 is 15.5 Å². The van der Waals surface area contributed by atoms with Gasteiger partial charge in [0, 0.05) is 17.3 Å². The Hall–Kier alpha value is -3.47. The number of nitrogens with one attached hydrogen (secondary N) is 1. The molecule has 3 rings (SSSR count). The molecule has 0 bridgehead atoms. The Morgan fingerprint density at radius 3 is 2.53 bits per heavy atom. The molecule has 1 heterocycles. The van der Waals surface area contributed by atoms with Gasteiger partial charge in [-0.05, 0) is 48.2 Å².